The predicted octanol–water partition coefficient (Wildman–Crippen LogP) is 5.08. The number of hydrogen-bond acceptors (Lipinski definition) is 6. The van der Waals surface area contributed by atoms with Crippen molar-refractivity contribution in [2.45, 2.75) is 129 Å². The summed E-state index contributed by atoms with van der Waals surface area (Å²) < 4.78 is 10.7. The molecule has 2 atom stereocenters. The minimum atomic E-state index is -0.621. The number of esters is 2. The molecule has 0 unspecified atom stereocenters. The van der Waals surface area contributed by atoms with Crippen LogP contribution in [0, 0.1) is 0 Å². The predicted molar refractivity (Wildman–Crippen MR) is 119 cm³/mol. The summed E-state index contributed by atoms with van der Waals surface area (Å²) in [5, 5.41) is 18.9. The highest BCUT2D eigenvalue weighted by Gasteiger charge is 2.19. The van der Waals surface area contributed by atoms with Gasteiger partial charge in [0.2, 0.25) is 0 Å². The molecule has 0 aliphatic rings. The van der Waals surface area contributed by atoms with Crippen LogP contribution in [-0.2, 0) is 19.1 Å². The molecule has 0 bridgehead atoms. The topological polar surface area (TPSA) is 93.1 Å². The lowest BCUT2D eigenvalue weighted by atomic mass is 10.1. The molecular formula is C24H46O6. The van der Waals surface area contributed by atoms with Gasteiger partial charge in [-0.05, 0) is 25.7 Å². The zero-order chi connectivity index (χ0) is 22.5. The van der Waals surface area contributed by atoms with Gasteiger partial charge >= 0.3 is 11.9 Å². The molecule has 0 amide bonds. The normalized spacial score (nSPS) is 13.1. The summed E-state index contributed by atoms with van der Waals surface area (Å²) in [5.74, 6) is -0.602. The molecule has 0 rings (SSSR count). The highest BCUT2D eigenvalue weighted by molar-refractivity contribution is 5.69. The van der Waals surface area contributed by atoms with Gasteiger partial charge in [0.25, 0.3) is 0 Å². The molecule has 6 nitrogen and oxygen atoms in total. The van der Waals surface area contributed by atoms with E-state index in [0.29, 0.717) is 25.7 Å². The molecule has 178 valence electrons. The fraction of sp³-hybridized carbons (Fsp3) is 0.917. The number of carbonyl (C=O) groups excluding carboxylic acids is 2. The summed E-state index contributed by atoms with van der Waals surface area (Å²) in [7, 11) is 0. The van der Waals surface area contributed by atoms with E-state index in [9.17, 15) is 19.8 Å². The van der Waals surface area contributed by atoms with E-state index in [-0.39, 0.29) is 25.2 Å². The van der Waals surface area contributed by atoms with E-state index < -0.39 is 12.2 Å². The quantitative estimate of drug-likeness (QED) is 0.195. The Hall–Kier alpha value is -1.14. The molecule has 6 heteroatoms. The van der Waals surface area contributed by atoms with Gasteiger partial charge in [0.15, 0.2) is 0 Å². The smallest absolute Gasteiger partial charge is 0.306 e. The van der Waals surface area contributed by atoms with Gasteiger partial charge in [-0.15, -0.1) is 0 Å². The van der Waals surface area contributed by atoms with Crippen LogP contribution in [0.25, 0.3) is 0 Å². The molecule has 0 heterocycles. The van der Waals surface area contributed by atoms with Crippen LogP contribution in [0.4, 0.5) is 0 Å². The summed E-state index contributed by atoms with van der Waals surface area (Å²) in [6, 6.07) is 0. The molecule has 2 N–H and O–H groups in total. The minimum Gasteiger partial charge on any atom is -0.460 e. The van der Waals surface area contributed by atoms with Crippen LogP contribution in [0.1, 0.15) is 117 Å². The number of aliphatic hydroxyl groups excluding tert-OH is 2. The first-order chi connectivity index (χ1) is 14.6. The van der Waals surface area contributed by atoms with Crippen molar-refractivity contribution in [2.24, 2.45) is 0 Å². The number of hydrogen-bond donors (Lipinski definition) is 2. The number of unbranched alkanes of at least 4 members (excludes halogenated alkanes) is 10. The maximum atomic E-state index is 11.9. The Bertz CT molecular complexity index is 375. The van der Waals surface area contributed by atoms with Crippen molar-refractivity contribution < 1.29 is 29.3 Å². The Morgan fingerprint density at radius 3 is 1.27 bits per heavy atom. The van der Waals surface area contributed by atoms with Gasteiger partial charge < -0.3 is 19.7 Å². The molecule has 0 saturated heterocycles. The van der Waals surface area contributed by atoms with Crippen LogP contribution >= 0.6 is 0 Å². The second-order valence-electron chi connectivity index (χ2n) is 8.20. The number of aliphatic hydroxyl groups is 2. The number of ether oxygens (including phenoxy) is 2. The molecule has 0 spiro atoms. The molecule has 0 saturated carbocycles. The fourth-order valence-corrected chi connectivity index (χ4v) is 3.34. The average molecular weight is 431 g/mol. The minimum absolute atomic E-state index is 0.272. The monoisotopic (exact) mass is 430 g/mol. The number of rotatable bonds is 21. The molecular weight excluding hydrogens is 384 g/mol. The maximum Gasteiger partial charge on any atom is 0.306 e. The van der Waals surface area contributed by atoms with Crippen molar-refractivity contribution in [3.8, 4) is 0 Å². The van der Waals surface area contributed by atoms with E-state index in [1.807, 2.05) is 0 Å². The zero-order valence-corrected chi connectivity index (χ0v) is 19.4. The summed E-state index contributed by atoms with van der Waals surface area (Å²) >= 11 is 0. The largest absolute Gasteiger partial charge is 0.460 e. The van der Waals surface area contributed by atoms with Gasteiger partial charge in [-0.2, -0.15) is 0 Å². The molecule has 30 heavy (non-hydrogen) atoms. The molecule has 0 aliphatic carbocycles. The van der Waals surface area contributed by atoms with Crippen LogP contribution in [0.5, 0.6) is 0 Å². The second-order valence-corrected chi connectivity index (χ2v) is 8.20. The van der Waals surface area contributed by atoms with Crippen molar-refractivity contribution in [1.82, 2.24) is 0 Å². The molecule has 0 fully saturated rings. The summed E-state index contributed by atoms with van der Waals surface area (Å²) in [6.45, 7) is 3.80. The Morgan fingerprint density at radius 2 is 0.933 bits per heavy atom. The Morgan fingerprint density at radius 1 is 0.600 bits per heavy atom. The van der Waals surface area contributed by atoms with E-state index >= 15 is 0 Å². The molecule has 0 radical (unpaired) electrons. The lowest BCUT2D eigenvalue weighted by molar-refractivity contribution is -0.156. The van der Waals surface area contributed by atoms with Crippen LogP contribution in [0.2, 0.25) is 0 Å². The van der Waals surface area contributed by atoms with E-state index in [4.69, 9.17) is 9.47 Å². The third kappa shape index (κ3) is 17.7. The lowest BCUT2D eigenvalue weighted by Crippen LogP contribution is -2.27. The highest BCUT2D eigenvalue weighted by Crippen LogP contribution is 2.13. The van der Waals surface area contributed by atoms with Crippen LogP contribution in [-0.4, -0.2) is 47.6 Å². The van der Waals surface area contributed by atoms with Gasteiger partial charge in [-0.3, -0.25) is 9.59 Å². The summed E-state index contributed by atoms with van der Waals surface area (Å²) in [4.78, 5) is 23.9. The molecule has 0 aliphatic heterocycles. The number of carbonyl (C=O) groups is 2. The lowest BCUT2D eigenvalue weighted by Gasteiger charge is -2.20. The first-order valence-corrected chi connectivity index (χ1v) is 12.2. The van der Waals surface area contributed by atoms with Gasteiger partial charge in [0.05, 0.1) is 13.2 Å². The van der Waals surface area contributed by atoms with Gasteiger partial charge in [0.1, 0.15) is 12.2 Å². The molecule has 0 aromatic carbocycles. The summed E-state index contributed by atoms with van der Waals surface area (Å²) in [6.07, 6.45) is 13.3. The van der Waals surface area contributed by atoms with Crippen LogP contribution < -0.4 is 0 Å². The van der Waals surface area contributed by atoms with E-state index in [1.165, 1.54) is 38.5 Å². The van der Waals surface area contributed by atoms with Crippen molar-refractivity contribution in [3.05, 3.63) is 0 Å². The fourth-order valence-electron chi connectivity index (χ4n) is 3.34. The Labute approximate surface area is 183 Å². The van der Waals surface area contributed by atoms with Gasteiger partial charge in [-0.25, -0.2) is 0 Å². The Balaban J connectivity index is 3.97. The van der Waals surface area contributed by atoms with Crippen LogP contribution in [0.3, 0.4) is 0 Å². The van der Waals surface area contributed by atoms with Crippen molar-refractivity contribution in [3.63, 3.8) is 0 Å². The van der Waals surface area contributed by atoms with Crippen molar-refractivity contribution in [1.29, 1.82) is 0 Å². The Kier molecular flexibility index (Phi) is 20.3. The summed E-state index contributed by atoms with van der Waals surface area (Å²) in [5.41, 5.74) is 0. The zero-order valence-electron chi connectivity index (χ0n) is 19.4. The molecule has 0 aromatic heterocycles. The average Bonchev–Trinajstić information content (AvgIpc) is 2.74. The van der Waals surface area contributed by atoms with Gasteiger partial charge in [-0.1, -0.05) is 78.1 Å². The third-order valence-electron chi connectivity index (χ3n) is 5.28. The SMILES string of the molecule is CCCCCCCCC(=O)O[C@H](CO)CC[C@H](CO)OC(=O)CCCCCCCC. The first kappa shape index (κ1) is 28.9. The maximum absolute atomic E-state index is 11.9. The van der Waals surface area contributed by atoms with E-state index in [1.54, 1.807) is 0 Å². The van der Waals surface area contributed by atoms with Crippen molar-refractivity contribution >= 4 is 11.9 Å². The first-order valence-electron chi connectivity index (χ1n) is 12.2. The van der Waals surface area contributed by atoms with E-state index in [2.05, 4.69) is 13.8 Å². The van der Waals surface area contributed by atoms with E-state index in [0.717, 1.165) is 38.5 Å². The third-order valence-corrected chi connectivity index (χ3v) is 5.28. The van der Waals surface area contributed by atoms with Gasteiger partial charge in [0, 0.05) is 12.8 Å². The second kappa shape index (κ2) is 21.1. The highest BCUT2D eigenvalue weighted by atomic mass is 16.6. The van der Waals surface area contributed by atoms with Crippen molar-refractivity contribution in [2.75, 3.05) is 13.2 Å². The van der Waals surface area contributed by atoms with Crippen LogP contribution in [0.15, 0.2) is 0 Å². The molecule has 0 aromatic rings. The standard InChI is InChI=1S/C24H46O6/c1-3-5-7-9-11-13-15-23(27)29-21(19-25)17-18-22(20-26)30-24(28)16-14-12-10-8-6-4-2/h21-22,25-26H,3-20H2,1-2H3/t21-,22+.